The minimum Gasteiger partial charge on any atom is -0.437 e. The molecule has 0 aliphatic carbocycles. The second kappa shape index (κ2) is 5.46. The van der Waals surface area contributed by atoms with Crippen molar-refractivity contribution in [2.75, 3.05) is 0 Å². The lowest BCUT2D eigenvalue weighted by molar-refractivity contribution is 0.274. The fourth-order valence-electron chi connectivity index (χ4n) is 1.60. The van der Waals surface area contributed by atoms with Crippen LogP contribution in [0.2, 0.25) is 0 Å². The molecule has 0 amide bonds. The standard InChI is InChI=1S/C13H13BrN2O2/c1-8-3-11(4-9(2)13(8)14)18-12-6-15-5-10(7-17)16-12/h3-6,17H,7H2,1-2H3. The number of hydrogen-bond donors (Lipinski definition) is 1. The van der Waals surface area contributed by atoms with E-state index in [2.05, 4.69) is 25.9 Å². The Morgan fingerprint density at radius 1 is 1.22 bits per heavy atom. The molecule has 0 radical (unpaired) electrons. The fraction of sp³-hybridized carbons (Fsp3) is 0.231. The second-order valence-electron chi connectivity index (χ2n) is 3.98. The van der Waals surface area contributed by atoms with Crippen molar-refractivity contribution >= 4 is 15.9 Å². The first-order chi connectivity index (χ1) is 8.60. The zero-order chi connectivity index (χ0) is 13.1. The average Bonchev–Trinajstić information content (AvgIpc) is 2.36. The van der Waals surface area contributed by atoms with Crippen LogP contribution in [-0.4, -0.2) is 15.1 Å². The predicted octanol–water partition coefficient (Wildman–Crippen LogP) is 3.14. The summed E-state index contributed by atoms with van der Waals surface area (Å²) in [5, 5.41) is 8.99. The van der Waals surface area contributed by atoms with Crippen LogP contribution in [-0.2, 0) is 6.61 Å². The van der Waals surface area contributed by atoms with Gasteiger partial charge in [0, 0.05) is 4.47 Å². The first kappa shape index (κ1) is 13.0. The molecule has 0 saturated heterocycles. The zero-order valence-electron chi connectivity index (χ0n) is 10.1. The number of nitrogens with zero attached hydrogens (tertiary/aromatic N) is 2. The van der Waals surface area contributed by atoms with Crippen LogP contribution in [0.5, 0.6) is 11.6 Å². The van der Waals surface area contributed by atoms with Gasteiger partial charge < -0.3 is 9.84 Å². The topological polar surface area (TPSA) is 55.2 Å². The summed E-state index contributed by atoms with van der Waals surface area (Å²) in [5.74, 6) is 1.08. The molecule has 0 saturated carbocycles. The number of aryl methyl sites for hydroxylation is 2. The van der Waals surface area contributed by atoms with Crippen molar-refractivity contribution < 1.29 is 9.84 Å². The van der Waals surface area contributed by atoms with Crippen molar-refractivity contribution in [3.63, 3.8) is 0 Å². The number of halogens is 1. The van der Waals surface area contributed by atoms with E-state index in [9.17, 15) is 0 Å². The molecule has 0 bridgehead atoms. The minimum absolute atomic E-state index is 0.150. The molecule has 0 aliphatic heterocycles. The normalized spacial score (nSPS) is 10.4. The fourth-order valence-corrected chi connectivity index (χ4v) is 1.83. The molecule has 2 aromatic rings. The monoisotopic (exact) mass is 308 g/mol. The molecule has 1 N–H and O–H groups in total. The van der Waals surface area contributed by atoms with Crippen LogP contribution < -0.4 is 4.74 Å². The van der Waals surface area contributed by atoms with Crippen molar-refractivity contribution in [2.45, 2.75) is 20.5 Å². The Kier molecular flexibility index (Phi) is 3.93. The summed E-state index contributed by atoms with van der Waals surface area (Å²) in [6.07, 6.45) is 3.02. The van der Waals surface area contributed by atoms with E-state index >= 15 is 0 Å². The molecule has 1 aromatic heterocycles. The lowest BCUT2D eigenvalue weighted by Gasteiger charge is -2.09. The highest BCUT2D eigenvalue weighted by Gasteiger charge is 2.05. The predicted molar refractivity (Wildman–Crippen MR) is 71.6 cm³/mol. The number of aliphatic hydroxyl groups is 1. The Balaban J connectivity index is 2.28. The number of aromatic nitrogens is 2. The van der Waals surface area contributed by atoms with E-state index < -0.39 is 0 Å². The van der Waals surface area contributed by atoms with E-state index in [1.165, 1.54) is 12.4 Å². The highest BCUT2D eigenvalue weighted by Crippen LogP contribution is 2.28. The highest BCUT2D eigenvalue weighted by atomic mass is 79.9. The Bertz CT molecular complexity index is 550. The molecule has 1 heterocycles. The van der Waals surface area contributed by atoms with Crippen molar-refractivity contribution in [1.29, 1.82) is 0 Å². The van der Waals surface area contributed by atoms with Gasteiger partial charge in [-0.1, -0.05) is 15.9 Å². The van der Waals surface area contributed by atoms with Crippen LogP contribution in [0.15, 0.2) is 29.0 Å². The quantitative estimate of drug-likeness (QED) is 0.946. The van der Waals surface area contributed by atoms with Crippen LogP contribution >= 0.6 is 15.9 Å². The molecule has 94 valence electrons. The van der Waals surface area contributed by atoms with Gasteiger partial charge in [-0.05, 0) is 37.1 Å². The molecule has 0 aliphatic rings. The van der Waals surface area contributed by atoms with E-state index in [1.807, 2.05) is 26.0 Å². The number of rotatable bonds is 3. The van der Waals surface area contributed by atoms with Crippen LogP contribution in [0.25, 0.3) is 0 Å². The van der Waals surface area contributed by atoms with E-state index in [4.69, 9.17) is 9.84 Å². The molecule has 1 aromatic carbocycles. The number of benzene rings is 1. The van der Waals surface area contributed by atoms with Crippen molar-refractivity contribution in [3.05, 3.63) is 45.8 Å². The third kappa shape index (κ3) is 2.86. The van der Waals surface area contributed by atoms with Gasteiger partial charge >= 0.3 is 0 Å². The van der Waals surface area contributed by atoms with Crippen molar-refractivity contribution in [2.24, 2.45) is 0 Å². The first-order valence-corrected chi connectivity index (χ1v) is 6.26. The van der Waals surface area contributed by atoms with E-state index in [0.29, 0.717) is 17.3 Å². The van der Waals surface area contributed by atoms with Gasteiger partial charge in [-0.25, -0.2) is 4.98 Å². The Hall–Kier alpha value is -1.46. The molecule has 2 rings (SSSR count). The van der Waals surface area contributed by atoms with Crippen molar-refractivity contribution in [3.8, 4) is 11.6 Å². The van der Waals surface area contributed by atoms with Crippen LogP contribution in [0.4, 0.5) is 0 Å². The first-order valence-electron chi connectivity index (χ1n) is 5.46. The third-order valence-electron chi connectivity index (χ3n) is 2.46. The molecule has 0 unspecified atom stereocenters. The number of hydrogen-bond acceptors (Lipinski definition) is 4. The molecule has 0 fully saturated rings. The zero-order valence-corrected chi connectivity index (χ0v) is 11.7. The van der Waals surface area contributed by atoms with Gasteiger partial charge in [-0.2, -0.15) is 0 Å². The van der Waals surface area contributed by atoms with Crippen LogP contribution in [0.3, 0.4) is 0 Å². The summed E-state index contributed by atoms with van der Waals surface area (Å²) in [4.78, 5) is 8.08. The smallest absolute Gasteiger partial charge is 0.238 e. The lowest BCUT2D eigenvalue weighted by atomic mass is 10.1. The molecule has 5 heteroatoms. The van der Waals surface area contributed by atoms with Crippen LogP contribution in [0, 0.1) is 13.8 Å². The molecule has 18 heavy (non-hydrogen) atoms. The van der Waals surface area contributed by atoms with Gasteiger partial charge in [0.05, 0.1) is 24.7 Å². The second-order valence-corrected chi connectivity index (χ2v) is 4.77. The SMILES string of the molecule is Cc1cc(Oc2cncc(CO)n2)cc(C)c1Br. The maximum Gasteiger partial charge on any atom is 0.238 e. The van der Waals surface area contributed by atoms with Gasteiger partial charge in [0.25, 0.3) is 0 Å². The summed E-state index contributed by atoms with van der Waals surface area (Å²) in [5.41, 5.74) is 2.67. The maximum atomic E-state index is 8.99. The molecule has 0 spiro atoms. The summed E-state index contributed by atoms with van der Waals surface area (Å²) < 4.78 is 6.71. The van der Waals surface area contributed by atoms with E-state index in [1.54, 1.807) is 0 Å². The summed E-state index contributed by atoms with van der Waals surface area (Å²) in [6, 6.07) is 3.84. The average molecular weight is 309 g/mol. The molecule has 4 nitrogen and oxygen atoms in total. The maximum absolute atomic E-state index is 8.99. The lowest BCUT2D eigenvalue weighted by Crippen LogP contribution is -1.95. The Morgan fingerprint density at radius 3 is 2.50 bits per heavy atom. The van der Waals surface area contributed by atoms with Crippen molar-refractivity contribution in [1.82, 2.24) is 9.97 Å². The summed E-state index contributed by atoms with van der Waals surface area (Å²) >= 11 is 3.50. The van der Waals surface area contributed by atoms with Crippen LogP contribution in [0.1, 0.15) is 16.8 Å². The third-order valence-corrected chi connectivity index (χ3v) is 3.71. The van der Waals surface area contributed by atoms with Gasteiger partial charge in [-0.3, -0.25) is 4.98 Å². The van der Waals surface area contributed by atoms with Gasteiger partial charge in [0.15, 0.2) is 0 Å². The molecular formula is C13H13BrN2O2. The van der Waals surface area contributed by atoms with Gasteiger partial charge in [0.2, 0.25) is 5.88 Å². The molecular weight excluding hydrogens is 296 g/mol. The van der Waals surface area contributed by atoms with Gasteiger partial charge in [0.1, 0.15) is 5.75 Å². The summed E-state index contributed by atoms with van der Waals surface area (Å²) in [7, 11) is 0. The summed E-state index contributed by atoms with van der Waals surface area (Å²) in [6.45, 7) is 3.85. The Labute approximate surface area is 114 Å². The Morgan fingerprint density at radius 2 is 1.89 bits per heavy atom. The minimum atomic E-state index is -0.150. The highest BCUT2D eigenvalue weighted by molar-refractivity contribution is 9.10. The number of aliphatic hydroxyl groups excluding tert-OH is 1. The largest absolute Gasteiger partial charge is 0.437 e. The molecule has 0 atom stereocenters. The van der Waals surface area contributed by atoms with Gasteiger partial charge in [-0.15, -0.1) is 0 Å². The number of ether oxygens (including phenoxy) is 1. The van der Waals surface area contributed by atoms with E-state index in [0.717, 1.165) is 15.6 Å². The van der Waals surface area contributed by atoms with E-state index in [-0.39, 0.29) is 6.61 Å².